The van der Waals surface area contributed by atoms with Crippen molar-refractivity contribution in [3.8, 4) is 5.82 Å². The summed E-state index contributed by atoms with van der Waals surface area (Å²) in [7, 11) is 2.50. The second kappa shape index (κ2) is 10.0. The van der Waals surface area contributed by atoms with Gasteiger partial charge in [-0.25, -0.2) is 15.2 Å². The summed E-state index contributed by atoms with van der Waals surface area (Å²) in [5.74, 6) is -0.797. The SMILES string of the molecule is COC(=O)NN(C)C(=O)c1cc(Cl)ccc1NC(=O)c1cc(Br)cn1-c1ncccc1Cl. The summed E-state index contributed by atoms with van der Waals surface area (Å²) in [6.07, 6.45) is 2.37. The molecule has 0 fully saturated rings. The van der Waals surface area contributed by atoms with Gasteiger partial charge in [0.1, 0.15) is 5.69 Å². The van der Waals surface area contributed by atoms with Crippen molar-refractivity contribution in [1.29, 1.82) is 0 Å². The number of hydrogen-bond acceptors (Lipinski definition) is 5. The summed E-state index contributed by atoms with van der Waals surface area (Å²) >= 11 is 15.6. The average molecular weight is 541 g/mol. The number of carbonyl (C=O) groups is 3. The minimum Gasteiger partial charge on any atom is -0.452 e. The van der Waals surface area contributed by atoms with Crippen LogP contribution in [0.15, 0.2) is 53.3 Å². The minimum atomic E-state index is -0.830. The number of rotatable bonds is 4. The third-order valence-corrected chi connectivity index (χ3v) is 5.16. The maximum atomic E-state index is 13.1. The fraction of sp³-hybridized carbons (Fsp3) is 0.100. The van der Waals surface area contributed by atoms with E-state index in [1.165, 1.54) is 36.9 Å². The van der Waals surface area contributed by atoms with Crippen molar-refractivity contribution < 1.29 is 19.1 Å². The lowest BCUT2D eigenvalue weighted by Gasteiger charge is -2.19. The number of nitrogens with zero attached hydrogens (tertiary/aromatic N) is 3. The molecular weight excluding hydrogens is 525 g/mol. The molecule has 0 spiro atoms. The van der Waals surface area contributed by atoms with Gasteiger partial charge in [-0.15, -0.1) is 0 Å². The zero-order chi connectivity index (χ0) is 23.4. The highest BCUT2D eigenvalue weighted by atomic mass is 79.9. The fourth-order valence-corrected chi connectivity index (χ4v) is 3.54. The molecule has 3 amide bonds. The summed E-state index contributed by atoms with van der Waals surface area (Å²) in [5.41, 5.74) is 2.68. The number of hydrogen-bond donors (Lipinski definition) is 2. The van der Waals surface area contributed by atoms with E-state index in [2.05, 4.69) is 36.4 Å². The topological polar surface area (TPSA) is 106 Å². The predicted molar refractivity (Wildman–Crippen MR) is 123 cm³/mol. The normalized spacial score (nSPS) is 10.4. The van der Waals surface area contributed by atoms with Crippen molar-refractivity contribution in [2.45, 2.75) is 0 Å². The van der Waals surface area contributed by atoms with Crippen molar-refractivity contribution in [3.05, 3.63) is 74.6 Å². The Bertz CT molecular complexity index is 1200. The molecule has 9 nitrogen and oxygen atoms in total. The van der Waals surface area contributed by atoms with E-state index in [0.29, 0.717) is 15.3 Å². The van der Waals surface area contributed by atoms with E-state index in [4.69, 9.17) is 23.2 Å². The second-order valence-corrected chi connectivity index (χ2v) is 8.09. The number of aromatic nitrogens is 2. The van der Waals surface area contributed by atoms with Gasteiger partial charge in [0.15, 0.2) is 5.82 Å². The molecule has 0 saturated heterocycles. The van der Waals surface area contributed by atoms with Gasteiger partial charge in [0.2, 0.25) is 0 Å². The summed E-state index contributed by atoms with van der Waals surface area (Å²) in [4.78, 5) is 41.6. The molecule has 3 aromatic rings. The molecule has 0 aliphatic heterocycles. The van der Waals surface area contributed by atoms with E-state index in [0.717, 1.165) is 5.01 Å². The van der Waals surface area contributed by atoms with Crippen LogP contribution < -0.4 is 10.7 Å². The van der Waals surface area contributed by atoms with E-state index < -0.39 is 17.9 Å². The van der Waals surface area contributed by atoms with Crippen LogP contribution in [0.1, 0.15) is 20.8 Å². The standard InChI is InChI=1S/C20H16BrCl2N5O4/c1-27(26-20(31)32-2)19(30)13-9-12(22)5-6-15(13)25-18(29)16-8-11(21)10-28(16)17-14(23)4-3-7-24-17/h3-10H,1-2H3,(H,25,29)(H,26,31). The summed E-state index contributed by atoms with van der Waals surface area (Å²) in [6.45, 7) is 0. The highest BCUT2D eigenvalue weighted by molar-refractivity contribution is 9.10. The Hall–Kier alpha value is -3.08. The summed E-state index contributed by atoms with van der Waals surface area (Å²) in [6, 6.07) is 9.29. The maximum absolute atomic E-state index is 13.1. The number of anilines is 1. The lowest BCUT2D eigenvalue weighted by Crippen LogP contribution is -2.43. The molecule has 0 bridgehead atoms. The van der Waals surface area contributed by atoms with E-state index in [1.54, 1.807) is 30.6 Å². The molecule has 12 heteroatoms. The molecule has 2 heterocycles. The number of carbonyl (C=O) groups excluding carboxylic acids is 3. The van der Waals surface area contributed by atoms with Gasteiger partial charge in [0, 0.05) is 28.9 Å². The zero-order valence-electron chi connectivity index (χ0n) is 16.7. The molecule has 0 unspecified atom stereocenters. The number of ether oxygens (including phenoxy) is 1. The van der Waals surface area contributed by atoms with Crippen molar-refractivity contribution in [2.24, 2.45) is 0 Å². The lowest BCUT2D eigenvalue weighted by atomic mass is 10.1. The molecule has 1 aromatic carbocycles. The molecule has 0 saturated carbocycles. The van der Waals surface area contributed by atoms with Crippen LogP contribution in [-0.4, -0.2) is 46.6 Å². The minimum absolute atomic E-state index is 0.0535. The predicted octanol–water partition coefficient (Wildman–Crippen LogP) is 4.54. The Labute approximate surface area is 201 Å². The van der Waals surface area contributed by atoms with Crippen LogP contribution in [0.3, 0.4) is 0 Å². The lowest BCUT2D eigenvalue weighted by molar-refractivity contribution is 0.0691. The highest BCUT2D eigenvalue weighted by Crippen LogP contribution is 2.26. The van der Waals surface area contributed by atoms with Gasteiger partial charge in [-0.3, -0.25) is 19.2 Å². The Balaban J connectivity index is 1.94. The first-order chi connectivity index (χ1) is 15.2. The monoisotopic (exact) mass is 539 g/mol. The van der Waals surface area contributed by atoms with Gasteiger partial charge in [-0.05, 0) is 52.3 Å². The van der Waals surface area contributed by atoms with Gasteiger partial charge in [-0.1, -0.05) is 23.2 Å². The number of halogens is 3. The number of methoxy groups -OCH3 is 1. The smallest absolute Gasteiger partial charge is 0.425 e. The molecule has 166 valence electrons. The first kappa shape index (κ1) is 23.6. The second-order valence-electron chi connectivity index (χ2n) is 6.33. The average Bonchev–Trinajstić information content (AvgIpc) is 3.16. The van der Waals surface area contributed by atoms with Crippen molar-refractivity contribution >= 4 is 62.7 Å². The number of amides is 3. The fourth-order valence-electron chi connectivity index (χ4n) is 2.74. The summed E-state index contributed by atoms with van der Waals surface area (Å²) < 4.78 is 6.63. The maximum Gasteiger partial charge on any atom is 0.425 e. The third kappa shape index (κ3) is 5.21. The molecular formula is C20H16BrCl2N5O4. The number of nitrogens with one attached hydrogen (secondary N) is 2. The Morgan fingerprint density at radius 1 is 1.19 bits per heavy atom. The molecule has 3 rings (SSSR count). The van der Waals surface area contributed by atoms with Gasteiger partial charge in [-0.2, -0.15) is 0 Å². The van der Waals surface area contributed by atoms with E-state index >= 15 is 0 Å². The quantitative estimate of drug-likeness (QED) is 0.473. The van der Waals surface area contributed by atoms with Crippen LogP contribution >= 0.6 is 39.1 Å². The van der Waals surface area contributed by atoms with E-state index in [-0.39, 0.29) is 22.0 Å². The largest absolute Gasteiger partial charge is 0.452 e. The van der Waals surface area contributed by atoms with Crippen LogP contribution in [0.25, 0.3) is 5.82 Å². The number of hydrazine groups is 1. The molecule has 0 radical (unpaired) electrons. The van der Waals surface area contributed by atoms with Crippen LogP contribution in [-0.2, 0) is 4.74 Å². The number of pyridine rings is 1. The molecule has 0 atom stereocenters. The molecule has 2 N–H and O–H groups in total. The number of benzene rings is 1. The van der Waals surface area contributed by atoms with Gasteiger partial charge in [0.25, 0.3) is 11.8 Å². The van der Waals surface area contributed by atoms with E-state index in [9.17, 15) is 14.4 Å². The van der Waals surface area contributed by atoms with Crippen molar-refractivity contribution in [1.82, 2.24) is 20.0 Å². The molecule has 2 aromatic heterocycles. The van der Waals surface area contributed by atoms with Crippen LogP contribution in [0.4, 0.5) is 10.5 Å². The zero-order valence-corrected chi connectivity index (χ0v) is 19.8. The van der Waals surface area contributed by atoms with Crippen LogP contribution in [0.2, 0.25) is 10.0 Å². The molecule has 32 heavy (non-hydrogen) atoms. The Morgan fingerprint density at radius 3 is 2.62 bits per heavy atom. The Kier molecular flexibility index (Phi) is 7.39. The van der Waals surface area contributed by atoms with Gasteiger partial charge in [0.05, 0.1) is 23.4 Å². The van der Waals surface area contributed by atoms with E-state index in [1.807, 2.05) is 0 Å². The Morgan fingerprint density at radius 2 is 1.94 bits per heavy atom. The summed E-state index contributed by atoms with van der Waals surface area (Å²) in [5, 5.41) is 4.23. The highest BCUT2D eigenvalue weighted by Gasteiger charge is 2.22. The van der Waals surface area contributed by atoms with Crippen molar-refractivity contribution in [2.75, 3.05) is 19.5 Å². The van der Waals surface area contributed by atoms with Crippen LogP contribution in [0.5, 0.6) is 0 Å². The molecule has 0 aliphatic carbocycles. The van der Waals surface area contributed by atoms with Crippen LogP contribution in [0, 0.1) is 0 Å². The first-order valence-corrected chi connectivity index (χ1v) is 10.5. The van der Waals surface area contributed by atoms with Gasteiger partial charge < -0.3 is 10.1 Å². The first-order valence-electron chi connectivity index (χ1n) is 8.93. The van der Waals surface area contributed by atoms with Gasteiger partial charge >= 0.3 is 6.09 Å². The third-order valence-electron chi connectivity index (χ3n) is 4.20. The molecule has 0 aliphatic rings. The van der Waals surface area contributed by atoms with Crippen molar-refractivity contribution in [3.63, 3.8) is 0 Å².